The van der Waals surface area contributed by atoms with E-state index < -0.39 is 0 Å². The van der Waals surface area contributed by atoms with Crippen molar-refractivity contribution in [3.8, 4) is 28.5 Å². The molecule has 0 unspecified atom stereocenters. The topological polar surface area (TPSA) is 71.8 Å². The monoisotopic (exact) mass is 370 g/mol. The lowest BCUT2D eigenvalue weighted by Crippen LogP contribution is -2.15. The molecule has 0 amide bonds. The fourth-order valence-electron chi connectivity index (χ4n) is 3.30. The van der Waals surface area contributed by atoms with Crippen molar-refractivity contribution in [2.45, 2.75) is 34.2 Å². The smallest absolute Gasteiger partial charge is 0.141 e. The highest BCUT2D eigenvalue weighted by Crippen LogP contribution is 2.31. The van der Waals surface area contributed by atoms with E-state index >= 15 is 0 Å². The van der Waals surface area contributed by atoms with Gasteiger partial charge in [0.15, 0.2) is 0 Å². The van der Waals surface area contributed by atoms with E-state index in [9.17, 15) is 5.26 Å². The molecule has 0 saturated heterocycles. The summed E-state index contributed by atoms with van der Waals surface area (Å²) in [5, 5.41) is 18.3. The summed E-state index contributed by atoms with van der Waals surface area (Å²) in [4.78, 5) is 4.60. The van der Waals surface area contributed by atoms with Crippen molar-refractivity contribution in [2.24, 2.45) is 5.41 Å². The van der Waals surface area contributed by atoms with Crippen LogP contribution in [0.5, 0.6) is 0 Å². The molecule has 6 nitrogen and oxygen atoms in total. The van der Waals surface area contributed by atoms with Crippen LogP contribution in [0, 0.1) is 23.7 Å². The van der Waals surface area contributed by atoms with Gasteiger partial charge >= 0.3 is 0 Å². The lowest BCUT2D eigenvalue weighted by atomic mass is 9.97. The Morgan fingerprint density at radius 1 is 1.07 bits per heavy atom. The molecule has 0 aliphatic rings. The van der Waals surface area contributed by atoms with Gasteiger partial charge in [-0.2, -0.15) is 15.5 Å². The standard InChI is InChI=1S/C22H22N6/c1-15-9-19-7-5-16(13-28(19)26-15)21-20(8-6-18(10-23)25-21)17-11-24-27(12-17)14-22(2,3)4/h5-9,11-13H,14H2,1-4H3. The number of pyridine rings is 2. The van der Waals surface area contributed by atoms with Gasteiger partial charge in [-0.3, -0.25) is 4.68 Å². The summed E-state index contributed by atoms with van der Waals surface area (Å²) in [6.07, 6.45) is 5.85. The molecule has 0 aliphatic heterocycles. The maximum Gasteiger partial charge on any atom is 0.141 e. The Morgan fingerprint density at radius 3 is 2.64 bits per heavy atom. The number of aryl methyl sites for hydroxylation is 1. The zero-order chi connectivity index (χ0) is 19.9. The van der Waals surface area contributed by atoms with Crippen LogP contribution in [0.25, 0.3) is 27.9 Å². The summed E-state index contributed by atoms with van der Waals surface area (Å²) in [6.45, 7) is 9.35. The van der Waals surface area contributed by atoms with Gasteiger partial charge in [0.1, 0.15) is 11.8 Å². The van der Waals surface area contributed by atoms with E-state index in [-0.39, 0.29) is 5.41 Å². The molecule has 6 heteroatoms. The van der Waals surface area contributed by atoms with Crippen LogP contribution < -0.4 is 0 Å². The maximum atomic E-state index is 9.33. The van der Waals surface area contributed by atoms with Gasteiger partial charge < -0.3 is 0 Å². The molecule has 0 spiro atoms. The predicted octanol–water partition coefficient (Wildman–Crippen LogP) is 4.49. The Balaban J connectivity index is 1.83. The first-order valence-corrected chi connectivity index (χ1v) is 9.23. The molecule has 0 atom stereocenters. The minimum Gasteiger partial charge on any atom is -0.272 e. The van der Waals surface area contributed by atoms with Crippen LogP contribution in [-0.2, 0) is 6.54 Å². The van der Waals surface area contributed by atoms with Crippen LogP contribution in [0.3, 0.4) is 0 Å². The van der Waals surface area contributed by atoms with Crippen molar-refractivity contribution < 1.29 is 0 Å². The van der Waals surface area contributed by atoms with Gasteiger partial charge in [0.05, 0.1) is 23.1 Å². The number of aromatic nitrogens is 5. The second kappa shape index (κ2) is 6.61. The van der Waals surface area contributed by atoms with Crippen LogP contribution in [0.4, 0.5) is 0 Å². The van der Waals surface area contributed by atoms with E-state index in [1.165, 1.54) is 0 Å². The van der Waals surface area contributed by atoms with Crippen LogP contribution >= 0.6 is 0 Å². The van der Waals surface area contributed by atoms with Crippen LogP contribution in [-0.4, -0.2) is 24.4 Å². The lowest BCUT2D eigenvalue weighted by molar-refractivity contribution is 0.325. The molecule has 28 heavy (non-hydrogen) atoms. The van der Waals surface area contributed by atoms with Crippen molar-refractivity contribution in [3.63, 3.8) is 0 Å². The largest absolute Gasteiger partial charge is 0.272 e. The summed E-state index contributed by atoms with van der Waals surface area (Å²) in [5.41, 5.74) is 6.10. The molecule has 0 aliphatic carbocycles. The third-order valence-electron chi connectivity index (χ3n) is 4.45. The van der Waals surface area contributed by atoms with Crippen molar-refractivity contribution in [3.05, 3.63) is 60.3 Å². The summed E-state index contributed by atoms with van der Waals surface area (Å²) in [5.74, 6) is 0. The Labute approximate surface area is 164 Å². The number of nitriles is 1. The normalized spacial score (nSPS) is 11.7. The average Bonchev–Trinajstić information content (AvgIpc) is 3.24. The Kier molecular flexibility index (Phi) is 4.23. The molecule has 0 bridgehead atoms. The van der Waals surface area contributed by atoms with Crippen LogP contribution in [0.15, 0.2) is 48.9 Å². The number of rotatable bonds is 3. The molecular weight excluding hydrogens is 348 g/mol. The fourth-order valence-corrected chi connectivity index (χ4v) is 3.30. The summed E-state index contributed by atoms with van der Waals surface area (Å²) in [7, 11) is 0. The van der Waals surface area contributed by atoms with E-state index in [1.54, 1.807) is 6.07 Å². The molecule has 0 aromatic carbocycles. The average molecular weight is 370 g/mol. The number of hydrogen-bond acceptors (Lipinski definition) is 4. The molecule has 4 aromatic rings. The molecule has 0 radical (unpaired) electrons. The van der Waals surface area contributed by atoms with Gasteiger partial charge in [-0.1, -0.05) is 20.8 Å². The minimum absolute atomic E-state index is 0.137. The lowest BCUT2D eigenvalue weighted by Gasteiger charge is -2.17. The first-order valence-electron chi connectivity index (χ1n) is 9.23. The molecule has 4 heterocycles. The zero-order valence-electron chi connectivity index (χ0n) is 16.5. The highest BCUT2D eigenvalue weighted by molar-refractivity contribution is 5.80. The summed E-state index contributed by atoms with van der Waals surface area (Å²) >= 11 is 0. The maximum absolute atomic E-state index is 9.33. The molecule has 4 rings (SSSR count). The van der Waals surface area contributed by atoms with E-state index in [0.29, 0.717) is 5.69 Å². The molecule has 0 N–H and O–H groups in total. The van der Waals surface area contributed by atoms with E-state index in [4.69, 9.17) is 0 Å². The van der Waals surface area contributed by atoms with Crippen LogP contribution in [0.1, 0.15) is 32.2 Å². The summed E-state index contributed by atoms with van der Waals surface area (Å²) < 4.78 is 3.80. The van der Waals surface area contributed by atoms with Crippen molar-refractivity contribution in [2.75, 3.05) is 0 Å². The van der Waals surface area contributed by atoms with Gasteiger partial charge in [0, 0.05) is 35.6 Å². The number of hydrogen-bond donors (Lipinski definition) is 0. The van der Waals surface area contributed by atoms with Gasteiger partial charge in [-0.15, -0.1) is 0 Å². The number of nitrogens with zero attached hydrogens (tertiary/aromatic N) is 6. The van der Waals surface area contributed by atoms with Crippen molar-refractivity contribution >= 4 is 5.52 Å². The van der Waals surface area contributed by atoms with Gasteiger partial charge in [0.2, 0.25) is 0 Å². The molecular formula is C22H22N6. The Bertz CT molecular complexity index is 1200. The van der Waals surface area contributed by atoms with Crippen LogP contribution in [0.2, 0.25) is 0 Å². The van der Waals surface area contributed by atoms with Gasteiger partial charge in [-0.05, 0) is 42.7 Å². The Morgan fingerprint density at radius 2 is 1.89 bits per heavy atom. The van der Waals surface area contributed by atoms with E-state index in [1.807, 2.05) is 59.0 Å². The zero-order valence-corrected chi connectivity index (χ0v) is 16.5. The van der Waals surface area contributed by atoms with E-state index in [2.05, 4.69) is 42.0 Å². The predicted molar refractivity (Wildman–Crippen MR) is 109 cm³/mol. The fraction of sp³-hybridized carbons (Fsp3) is 0.273. The second-order valence-electron chi connectivity index (χ2n) is 8.26. The quantitative estimate of drug-likeness (QED) is 0.533. The highest BCUT2D eigenvalue weighted by atomic mass is 15.3. The Hall–Kier alpha value is -3.46. The minimum atomic E-state index is 0.137. The third kappa shape index (κ3) is 3.52. The van der Waals surface area contributed by atoms with Gasteiger partial charge in [-0.25, -0.2) is 9.50 Å². The first-order chi connectivity index (χ1) is 13.3. The van der Waals surface area contributed by atoms with E-state index in [0.717, 1.165) is 40.1 Å². The summed E-state index contributed by atoms with van der Waals surface area (Å²) in [6, 6.07) is 11.9. The molecule has 4 aromatic heterocycles. The second-order valence-corrected chi connectivity index (χ2v) is 8.26. The third-order valence-corrected chi connectivity index (χ3v) is 4.45. The van der Waals surface area contributed by atoms with Gasteiger partial charge in [0.25, 0.3) is 0 Å². The van der Waals surface area contributed by atoms with Crippen molar-refractivity contribution in [1.82, 2.24) is 24.4 Å². The molecule has 140 valence electrons. The molecule has 0 fully saturated rings. The highest BCUT2D eigenvalue weighted by Gasteiger charge is 2.16. The molecule has 0 saturated carbocycles. The van der Waals surface area contributed by atoms with Crippen molar-refractivity contribution in [1.29, 1.82) is 5.26 Å². The first kappa shape index (κ1) is 17.9. The SMILES string of the molecule is Cc1cc2ccc(-c3nc(C#N)ccc3-c3cnn(CC(C)(C)C)c3)cn2n1. The number of fused-ring (bicyclic) bond motifs is 1.